The van der Waals surface area contributed by atoms with Crippen LogP contribution in [-0.4, -0.2) is 74.5 Å². The maximum Gasteiger partial charge on any atom is 0.257 e. The van der Waals surface area contributed by atoms with Crippen molar-refractivity contribution in [2.45, 2.75) is 137 Å². The Morgan fingerprint density at radius 2 is 0.662 bits per heavy atom. The van der Waals surface area contributed by atoms with Gasteiger partial charge >= 0.3 is 0 Å². The van der Waals surface area contributed by atoms with Crippen LogP contribution in [0.3, 0.4) is 0 Å². The van der Waals surface area contributed by atoms with Gasteiger partial charge in [0.15, 0.2) is 13.2 Å². The molecule has 1 heterocycles. The minimum absolute atomic E-state index is 0.182. The summed E-state index contributed by atoms with van der Waals surface area (Å²) >= 11 is 0. The maximum absolute atomic E-state index is 13.5. The molecule has 0 spiro atoms. The van der Waals surface area contributed by atoms with Crippen LogP contribution in [0, 0.1) is 0 Å². The smallest absolute Gasteiger partial charge is 0.257 e. The Balaban J connectivity index is 1.68. The van der Waals surface area contributed by atoms with Crippen LogP contribution in [0.1, 0.15) is 156 Å². The van der Waals surface area contributed by atoms with Gasteiger partial charge in [-0.2, -0.15) is 0 Å². The quantitative estimate of drug-likeness (QED) is 0.0910. The summed E-state index contributed by atoms with van der Waals surface area (Å²) in [5.41, 5.74) is 9.55. The summed E-state index contributed by atoms with van der Waals surface area (Å²) in [5, 5.41) is 37.9. The zero-order valence-electron chi connectivity index (χ0n) is 41.3. The predicted molar refractivity (Wildman–Crippen MR) is 262 cm³/mol. The molecule has 0 radical (unpaired) electrons. The third kappa shape index (κ3) is 12.6. The molecular weight excluding hydrogens is 813 g/mol. The highest BCUT2D eigenvalue weighted by Crippen LogP contribution is 2.43. The van der Waals surface area contributed by atoms with Gasteiger partial charge in [0.1, 0.15) is 23.0 Å². The molecule has 1 aliphatic carbocycles. The zero-order valence-corrected chi connectivity index (χ0v) is 41.3. The van der Waals surface area contributed by atoms with Gasteiger partial charge < -0.3 is 41.0 Å². The van der Waals surface area contributed by atoms with Crippen LogP contribution >= 0.6 is 0 Å². The molecule has 4 aromatic rings. The molecule has 0 aromatic heterocycles. The molecule has 0 saturated carbocycles. The van der Waals surface area contributed by atoms with Crippen molar-refractivity contribution >= 4 is 11.8 Å². The number of hydrogen-bond acceptors (Lipinski definition) is 8. The fourth-order valence-electron chi connectivity index (χ4n) is 8.56. The first kappa shape index (κ1) is 49.4. The van der Waals surface area contributed by atoms with Crippen LogP contribution in [0.25, 0.3) is 0 Å². The number of fused-ring (bicyclic) bond motifs is 2. The molecule has 10 bridgehead atoms. The van der Waals surface area contributed by atoms with Gasteiger partial charge in [0.05, 0.1) is 0 Å². The molecule has 1 aliphatic heterocycles. The van der Waals surface area contributed by atoms with E-state index < -0.39 is 0 Å². The number of phenolic OH excluding ortho intramolecular Hbond substituents is 2. The summed E-state index contributed by atoms with van der Waals surface area (Å²) < 4.78 is 13.4. The fraction of sp³-hybridized carbons (Fsp3) is 0.527. The molecule has 65 heavy (non-hydrogen) atoms. The molecule has 10 nitrogen and oxygen atoms in total. The SMILES string of the molecule is CC(C)(C)c1cc2c(O)c(c1)Cc1cc(C(C)(C)C)cc3c1OCC(=O)NCCNCCCNCCNC(=O)COc1c(cc(C(C)(C)C)cc1Cc1cc(C(C)(C)C)cc(c1O)C3)C2. The van der Waals surface area contributed by atoms with Gasteiger partial charge in [-0.25, -0.2) is 0 Å². The number of rotatable bonds is 0. The van der Waals surface area contributed by atoms with Crippen molar-refractivity contribution in [3.63, 3.8) is 0 Å². The van der Waals surface area contributed by atoms with Gasteiger partial charge in [-0.15, -0.1) is 0 Å². The maximum atomic E-state index is 13.5. The number of carbonyl (C=O) groups is 2. The highest BCUT2D eigenvalue weighted by molar-refractivity contribution is 5.78. The molecule has 2 amide bonds. The minimum Gasteiger partial charge on any atom is -0.507 e. The van der Waals surface area contributed by atoms with E-state index in [0.29, 0.717) is 63.4 Å². The third-order valence-electron chi connectivity index (χ3n) is 12.7. The summed E-state index contributed by atoms with van der Waals surface area (Å²) in [6, 6.07) is 17.0. The van der Waals surface area contributed by atoms with Crippen molar-refractivity contribution in [3.05, 3.63) is 115 Å². The molecule has 6 N–H and O–H groups in total. The first-order chi connectivity index (χ1) is 30.4. The van der Waals surface area contributed by atoms with Gasteiger partial charge in [-0.05, 0) is 108 Å². The van der Waals surface area contributed by atoms with Crippen molar-refractivity contribution in [3.8, 4) is 23.0 Å². The molecule has 0 fully saturated rings. The molecule has 2 aliphatic rings. The lowest BCUT2D eigenvalue weighted by atomic mass is 9.79. The van der Waals surface area contributed by atoms with Crippen LogP contribution in [0.4, 0.5) is 0 Å². The number of ether oxygens (including phenoxy) is 2. The first-order valence-electron chi connectivity index (χ1n) is 23.6. The highest BCUT2D eigenvalue weighted by atomic mass is 16.5. The van der Waals surface area contributed by atoms with Gasteiger partial charge in [0, 0.05) is 51.9 Å². The molecule has 0 unspecified atom stereocenters. The largest absolute Gasteiger partial charge is 0.507 e. The molecule has 10 heteroatoms. The lowest BCUT2D eigenvalue weighted by Gasteiger charge is -2.28. The van der Waals surface area contributed by atoms with E-state index in [4.69, 9.17) is 9.47 Å². The highest BCUT2D eigenvalue weighted by Gasteiger charge is 2.29. The molecule has 6 rings (SSSR count). The molecule has 0 atom stereocenters. The molecule has 4 aromatic carbocycles. The van der Waals surface area contributed by atoms with Crippen molar-refractivity contribution in [1.82, 2.24) is 21.3 Å². The lowest BCUT2D eigenvalue weighted by Crippen LogP contribution is -2.36. The monoisotopic (exact) mass is 889 g/mol. The normalized spacial score (nSPS) is 16.7. The van der Waals surface area contributed by atoms with Crippen molar-refractivity contribution in [2.75, 3.05) is 52.5 Å². The predicted octanol–water partition coefficient (Wildman–Crippen LogP) is 8.54. The molecule has 352 valence electrons. The number of nitrogens with one attached hydrogen (secondary N) is 4. The average Bonchev–Trinajstić information content (AvgIpc) is 3.19. The zero-order chi connectivity index (χ0) is 47.5. The summed E-state index contributed by atoms with van der Waals surface area (Å²) in [5.74, 6) is 1.05. The van der Waals surface area contributed by atoms with Crippen LogP contribution < -0.4 is 30.7 Å². The van der Waals surface area contributed by atoms with E-state index in [-0.39, 0.29) is 58.2 Å². The van der Waals surface area contributed by atoms with Crippen molar-refractivity contribution in [2.24, 2.45) is 0 Å². The number of phenols is 2. The Labute approximate surface area is 388 Å². The minimum atomic E-state index is -0.265. The molecule has 0 saturated heterocycles. The number of benzene rings is 4. The van der Waals surface area contributed by atoms with Gasteiger partial charge in [-0.1, -0.05) is 132 Å². The number of hydrogen-bond donors (Lipinski definition) is 6. The van der Waals surface area contributed by atoms with E-state index in [2.05, 4.69) is 153 Å². The number of amides is 2. The summed E-state index contributed by atoms with van der Waals surface area (Å²) in [6.45, 7) is 29.4. The van der Waals surface area contributed by atoms with Gasteiger partial charge in [-0.3, -0.25) is 9.59 Å². The Bertz CT molecular complexity index is 2110. The summed E-state index contributed by atoms with van der Waals surface area (Å²) in [6.07, 6.45) is 2.19. The third-order valence-corrected chi connectivity index (χ3v) is 12.7. The number of aromatic hydroxyl groups is 2. The van der Waals surface area contributed by atoms with E-state index in [9.17, 15) is 19.8 Å². The number of carbonyl (C=O) groups excluding carboxylic acids is 2. The van der Waals surface area contributed by atoms with E-state index in [0.717, 1.165) is 86.3 Å². The Morgan fingerprint density at radius 1 is 0.400 bits per heavy atom. The van der Waals surface area contributed by atoms with Crippen LogP contribution in [0.5, 0.6) is 23.0 Å². The Morgan fingerprint density at radius 3 is 0.923 bits per heavy atom. The second kappa shape index (κ2) is 19.8. The van der Waals surface area contributed by atoms with E-state index in [1.54, 1.807) is 0 Å². The van der Waals surface area contributed by atoms with Crippen LogP contribution in [0.2, 0.25) is 0 Å². The van der Waals surface area contributed by atoms with E-state index in [1.165, 1.54) is 0 Å². The van der Waals surface area contributed by atoms with E-state index >= 15 is 0 Å². The molecular formula is C55H76N4O6. The lowest BCUT2D eigenvalue weighted by molar-refractivity contribution is -0.123. The first-order valence-corrected chi connectivity index (χ1v) is 23.6. The van der Waals surface area contributed by atoms with Gasteiger partial charge in [0.2, 0.25) is 0 Å². The standard InChI is InChI=1S/C55H76N4O6/c1-52(2,3)42-24-34-20-38-28-44(54(7,8)9)30-40-22-36-26-43(53(4,5)6)27-37(49(36)63)23-41-31-45(55(10,11)12)29-39(21-35(25-42)48(34)62)51(41)65-33-47(61)59-19-17-57-15-13-14-56-16-18-58-46(60)32-64-50(38)40/h24-31,56-57,62-63H,13-23,32-33H2,1-12H3,(H,58,60)(H,59,61). The average molecular weight is 889 g/mol. The second-order valence-corrected chi connectivity index (χ2v) is 22.4. The fourth-order valence-corrected chi connectivity index (χ4v) is 8.56. The second-order valence-electron chi connectivity index (χ2n) is 22.4. The van der Waals surface area contributed by atoms with Gasteiger partial charge in [0.25, 0.3) is 11.8 Å². The summed E-state index contributed by atoms with van der Waals surface area (Å²) in [7, 11) is 0. The summed E-state index contributed by atoms with van der Waals surface area (Å²) in [4.78, 5) is 27.0. The Kier molecular flexibility index (Phi) is 15.0. The Hall–Kier alpha value is -5.06. The van der Waals surface area contributed by atoms with Crippen LogP contribution in [-0.2, 0) is 56.9 Å². The van der Waals surface area contributed by atoms with Crippen molar-refractivity contribution < 1.29 is 29.3 Å². The van der Waals surface area contributed by atoms with E-state index in [1.807, 2.05) is 0 Å². The van der Waals surface area contributed by atoms with Crippen molar-refractivity contribution in [1.29, 1.82) is 0 Å². The topological polar surface area (TPSA) is 141 Å². The van der Waals surface area contributed by atoms with Crippen LogP contribution in [0.15, 0.2) is 48.5 Å².